The van der Waals surface area contributed by atoms with Gasteiger partial charge < -0.3 is 9.31 Å². The maximum Gasteiger partial charge on any atom is 0.495 e. The molecule has 0 amide bonds. The fraction of sp³-hybridized carbons (Fsp3) is 0.273. The van der Waals surface area contributed by atoms with Gasteiger partial charge in [-0.1, -0.05) is 66.5 Å². The van der Waals surface area contributed by atoms with Crippen LogP contribution in [0.5, 0.6) is 0 Å². The van der Waals surface area contributed by atoms with E-state index < -0.39 is 90.4 Å². The van der Waals surface area contributed by atoms with Crippen molar-refractivity contribution >= 4 is 23.4 Å². The van der Waals surface area contributed by atoms with Crippen molar-refractivity contribution in [2.45, 2.75) is 38.9 Å². The van der Waals surface area contributed by atoms with E-state index in [2.05, 4.69) is 0 Å². The molecule has 0 N–H and O–H groups in total. The van der Waals surface area contributed by atoms with Gasteiger partial charge in [0.2, 0.25) is 0 Å². The summed E-state index contributed by atoms with van der Waals surface area (Å²) in [6.07, 6.45) is 0. The lowest BCUT2D eigenvalue weighted by molar-refractivity contribution is 0.00578. The lowest BCUT2D eigenvalue weighted by Crippen LogP contribution is -2.41. The molecule has 0 radical (unpaired) electrons. The van der Waals surface area contributed by atoms with Crippen LogP contribution in [-0.4, -0.2) is 18.3 Å². The molecule has 2 nitrogen and oxygen atoms in total. The largest absolute Gasteiger partial charge is 0.495 e. The average Bonchev–Trinajstić information content (AvgIpc) is 3.02. The van der Waals surface area contributed by atoms with Gasteiger partial charge in [0.1, 0.15) is 0 Å². The molecular weight excluding hydrogens is 307 g/mol. The van der Waals surface area contributed by atoms with E-state index >= 15 is 0 Å². The number of hydrogen-bond acceptors (Lipinski definition) is 2. The Bertz CT molecular complexity index is 1420. The Labute approximate surface area is 165 Å². The molecule has 0 unspecified atom stereocenters. The molecule has 4 rings (SSSR count). The Hall–Kier alpha value is -2.10. The topological polar surface area (TPSA) is 18.5 Å². The maximum absolute atomic E-state index is 8.64. The summed E-state index contributed by atoms with van der Waals surface area (Å²) >= 11 is 0. The van der Waals surface area contributed by atoms with Crippen LogP contribution in [0.3, 0.4) is 0 Å². The van der Waals surface area contributed by atoms with Gasteiger partial charge in [0.25, 0.3) is 0 Å². The highest BCUT2D eigenvalue weighted by molar-refractivity contribution is 6.65. The third-order valence-corrected chi connectivity index (χ3v) is 4.77. The van der Waals surface area contributed by atoms with E-state index in [1.54, 1.807) is 27.7 Å². The van der Waals surface area contributed by atoms with Gasteiger partial charge in [0.05, 0.1) is 26.3 Å². The van der Waals surface area contributed by atoms with E-state index in [4.69, 9.17) is 24.4 Å². The molecule has 3 aromatic rings. The highest BCUT2D eigenvalue weighted by atomic mass is 16.7. The van der Waals surface area contributed by atoms with Gasteiger partial charge in [-0.25, -0.2) is 0 Å². The third-order valence-electron chi connectivity index (χ3n) is 4.77. The molecular formula is C22H23BO2. The maximum atomic E-state index is 8.64. The van der Waals surface area contributed by atoms with Gasteiger partial charge in [-0.05, 0) is 55.1 Å². The van der Waals surface area contributed by atoms with Crippen LogP contribution in [0.2, 0.25) is 0 Å². The molecule has 1 fully saturated rings. The first-order valence-electron chi connectivity index (χ1n) is 13.4. The molecule has 0 aromatic heterocycles. The minimum atomic E-state index is -1.25. The first-order chi connectivity index (χ1) is 16.5. The summed E-state index contributed by atoms with van der Waals surface area (Å²) in [6.45, 7) is 7.10. The summed E-state index contributed by atoms with van der Waals surface area (Å²) < 4.78 is 104. The first-order valence-corrected chi connectivity index (χ1v) is 7.92. The van der Waals surface area contributed by atoms with Crippen LogP contribution >= 0.6 is 0 Å². The van der Waals surface area contributed by atoms with Crippen LogP contribution in [-0.2, 0) is 9.31 Å². The van der Waals surface area contributed by atoms with Crippen molar-refractivity contribution in [1.29, 1.82) is 0 Å². The Balaban J connectivity index is 2.25. The van der Waals surface area contributed by atoms with Gasteiger partial charge in [-0.2, -0.15) is 0 Å². The van der Waals surface area contributed by atoms with Crippen LogP contribution < -0.4 is 5.46 Å². The van der Waals surface area contributed by atoms with Crippen molar-refractivity contribution in [1.82, 2.24) is 0 Å². The minimum absolute atomic E-state index is 0.0863. The SMILES string of the molecule is [2H]c1c([2H])c([2H])c(-c2c([2H])c([2H])c([2H])c3c(B4OC(C)(C)C(C)(C)O4)c([2H])c([2H])c([2H])c23)c([2H])c1[2H]. The van der Waals surface area contributed by atoms with Gasteiger partial charge in [0.15, 0.2) is 0 Å². The van der Waals surface area contributed by atoms with E-state index in [0.717, 1.165) is 0 Å². The Kier molecular flexibility index (Phi) is 1.85. The van der Waals surface area contributed by atoms with Crippen molar-refractivity contribution in [3.8, 4) is 11.1 Å². The van der Waals surface area contributed by atoms with Crippen molar-refractivity contribution in [2.24, 2.45) is 0 Å². The zero-order valence-electron chi connectivity index (χ0n) is 25.4. The monoisotopic (exact) mass is 341 g/mol. The second kappa shape index (κ2) is 5.72. The van der Waals surface area contributed by atoms with E-state index in [1.807, 2.05) is 0 Å². The predicted octanol–water partition coefficient (Wildman–Crippen LogP) is 4.81. The molecule has 1 aliphatic rings. The van der Waals surface area contributed by atoms with Gasteiger partial charge in [0, 0.05) is 0 Å². The van der Waals surface area contributed by atoms with Gasteiger partial charge >= 0.3 is 7.12 Å². The number of fused-ring (bicyclic) bond motifs is 1. The Morgan fingerprint density at radius 3 is 2.00 bits per heavy atom. The molecule has 1 heterocycles. The quantitative estimate of drug-likeness (QED) is 0.623. The van der Waals surface area contributed by atoms with E-state index in [0.29, 0.717) is 0 Å². The molecule has 0 atom stereocenters. The zero-order chi connectivity index (χ0) is 27.2. The molecule has 0 aliphatic carbocycles. The van der Waals surface area contributed by atoms with Crippen LogP contribution in [0.25, 0.3) is 21.9 Å². The Morgan fingerprint density at radius 1 is 0.720 bits per heavy atom. The van der Waals surface area contributed by atoms with Crippen LogP contribution in [0, 0.1) is 0 Å². The van der Waals surface area contributed by atoms with Crippen molar-refractivity contribution in [3.63, 3.8) is 0 Å². The minimum Gasteiger partial charge on any atom is -0.399 e. The first kappa shape index (κ1) is 8.07. The van der Waals surface area contributed by atoms with E-state index in [-0.39, 0.29) is 21.8 Å². The highest BCUT2D eigenvalue weighted by Crippen LogP contribution is 2.37. The Morgan fingerprint density at radius 2 is 1.32 bits per heavy atom. The molecule has 126 valence electrons. The molecule has 1 aliphatic heterocycles. The highest BCUT2D eigenvalue weighted by Gasteiger charge is 2.52. The fourth-order valence-electron chi connectivity index (χ4n) is 2.66. The smallest absolute Gasteiger partial charge is 0.399 e. The summed E-state index contributed by atoms with van der Waals surface area (Å²) in [5, 5.41) is -0.410. The predicted molar refractivity (Wildman–Crippen MR) is 105 cm³/mol. The van der Waals surface area contributed by atoms with Gasteiger partial charge in [-0.15, -0.1) is 0 Å². The summed E-state index contributed by atoms with van der Waals surface area (Å²) in [5.74, 6) is 0. The van der Waals surface area contributed by atoms with Crippen LogP contribution in [0.4, 0.5) is 0 Å². The normalized spacial score (nSPS) is 24.8. The standard InChI is InChI=1S/C22H23BO2/c1-21(2)22(3,4)25-23(24-21)20-15-9-13-18-17(12-8-14-19(18)20)16-10-6-5-7-11-16/h5-15H,1-4H3/i5D,6D,7D,8D,9D,10D,11D,12D,13D,14D,15D. The summed E-state index contributed by atoms with van der Waals surface area (Å²) in [6, 6.07) is -6.64. The third kappa shape index (κ3) is 2.68. The molecule has 1 saturated heterocycles. The summed E-state index contributed by atoms with van der Waals surface area (Å²) in [5.41, 5.74) is -2.56. The van der Waals surface area contributed by atoms with E-state index in [9.17, 15) is 0 Å². The number of hydrogen-bond donors (Lipinski definition) is 0. The number of rotatable bonds is 2. The van der Waals surface area contributed by atoms with Crippen molar-refractivity contribution in [2.75, 3.05) is 0 Å². The van der Waals surface area contributed by atoms with E-state index in [1.165, 1.54) is 0 Å². The molecule has 0 bridgehead atoms. The average molecular weight is 341 g/mol. The summed E-state index contributed by atoms with van der Waals surface area (Å²) in [7, 11) is -1.25. The fourth-order valence-corrected chi connectivity index (χ4v) is 2.66. The number of benzene rings is 3. The van der Waals surface area contributed by atoms with Crippen molar-refractivity contribution < 1.29 is 24.4 Å². The van der Waals surface area contributed by atoms with Crippen LogP contribution in [0.15, 0.2) is 66.5 Å². The van der Waals surface area contributed by atoms with Gasteiger partial charge in [-0.3, -0.25) is 0 Å². The molecule has 25 heavy (non-hydrogen) atoms. The zero-order valence-corrected chi connectivity index (χ0v) is 14.4. The summed E-state index contributed by atoms with van der Waals surface area (Å²) in [4.78, 5) is 0. The molecule has 0 spiro atoms. The molecule has 3 heteroatoms. The second-order valence-electron chi connectivity index (χ2n) is 6.88. The molecule has 0 saturated carbocycles. The van der Waals surface area contributed by atoms with Crippen LogP contribution in [0.1, 0.15) is 42.8 Å². The second-order valence-corrected chi connectivity index (χ2v) is 6.88. The lowest BCUT2D eigenvalue weighted by atomic mass is 9.75. The molecule has 3 aromatic carbocycles. The van der Waals surface area contributed by atoms with Crippen molar-refractivity contribution in [3.05, 3.63) is 66.5 Å². The lowest BCUT2D eigenvalue weighted by Gasteiger charge is -2.32.